The van der Waals surface area contributed by atoms with Gasteiger partial charge in [0.25, 0.3) is 0 Å². The van der Waals surface area contributed by atoms with E-state index in [1.54, 1.807) is 4.68 Å². The zero-order valence-corrected chi connectivity index (χ0v) is 15.0. The van der Waals surface area contributed by atoms with Crippen molar-refractivity contribution >= 4 is 30.0 Å². The molecule has 0 bridgehead atoms. The summed E-state index contributed by atoms with van der Waals surface area (Å²) in [7, 11) is 0. The average Bonchev–Trinajstić information content (AvgIpc) is 3.13. The van der Waals surface area contributed by atoms with Crippen molar-refractivity contribution in [2.24, 2.45) is 0 Å². The van der Waals surface area contributed by atoms with Crippen LogP contribution in [-0.4, -0.2) is 26.4 Å². The third kappa shape index (κ3) is 3.43. The molecule has 0 saturated heterocycles. The van der Waals surface area contributed by atoms with Gasteiger partial charge in [-0.15, -0.1) is 12.4 Å². The molecular weight excluding hydrogens is 349 g/mol. The molecule has 1 saturated carbocycles. The number of carboxylic acid groups (broad SMARTS) is 1. The van der Waals surface area contributed by atoms with Crippen LogP contribution in [0.25, 0.3) is 5.69 Å². The number of aliphatic carboxylic acids is 1. The number of rotatable bonds is 5. The molecule has 1 aromatic heterocycles. The first-order valence-corrected chi connectivity index (χ1v) is 8.19. The second-order valence-electron chi connectivity index (χ2n) is 6.05. The molecule has 3 rings (SSSR count). The highest BCUT2D eigenvalue weighted by Gasteiger charge is 2.41. The molecule has 2 N–H and O–H groups in total. The van der Waals surface area contributed by atoms with E-state index in [0.717, 1.165) is 29.8 Å². The maximum Gasteiger partial charge on any atom is 0.323 e. The second kappa shape index (κ2) is 7.55. The van der Waals surface area contributed by atoms with Gasteiger partial charge in [0.05, 0.1) is 11.4 Å². The highest BCUT2D eigenvalue weighted by molar-refractivity contribution is 6.30. The zero-order chi connectivity index (χ0) is 16.4. The number of hydrogen-bond donors (Lipinski definition) is 2. The van der Waals surface area contributed by atoms with Gasteiger partial charge in [0.1, 0.15) is 10.7 Å². The van der Waals surface area contributed by atoms with Gasteiger partial charge in [0.2, 0.25) is 0 Å². The van der Waals surface area contributed by atoms with E-state index < -0.39 is 11.5 Å². The van der Waals surface area contributed by atoms with Gasteiger partial charge in [0, 0.05) is 12.1 Å². The number of para-hydroxylation sites is 1. The van der Waals surface area contributed by atoms with Crippen LogP contribution in [0.5, 0.6) is 0 Å². The molecule has 130 valence electrons. The third-order valence-corrected chi connectivity index (χ3v) is 4.98. The minimum Gasteiger partial charge on any atom is -0.480 e. The Kier molecular flexibility index (Phi) is 5.91. The van der Waals surface area contributed by atoms with Crippen LogP contribution in [0.4, 0.5) is 0 Å². The summed E-state index contributed by atoms with van der Waals surface area (Å²) in [4.78, 5) is 11.6. The van der Waals surface area contributed by atoms with Gasteiger partial charge in [0.15, 0.2) is 0 Å². The number of halogens is 2. The van der Waals surface area contributed by atoms with E-state index in [4.69, 9.17) is 11.6 Å². The predicted octanol–water partition coefficient (Wildman–Crippen LogP) is 3.74. The lowest BCUT2D eigenvalue weighted by molar-refractivity contribution is -0.144. The summed E-state index contributed by atoms with van der Waals surface area (Å²) in [5, 5.41) is 17.8. The first kappa shape index (κ1) is 18.8. The fraction of sp³-hybridized carbons (Fsp3) is 0.412. The molecule has 7 heteroatoms. The number of nitrogens with one attached hydrogen (secondary N) is 1. The maximum absolute atomic E-state index is 11.6. The quantitative estimate of drug-likeness (QED) is 0.842. The maximum atomic E-state index is 11.6. The number of aromatic nitrogens is 2. The van der Waals surface area contributed by atoms with Crippen molar-refractivity contribution in [2.45, 2.75) is 44.7 Å². The van der Waals surface area contributed by atoms with Crippen molar-refractivity contribution in [1.29, 1.82) is 0 Å². The Bertz CT molecular complexity index is 710. The normalized spacial score (nSPS) is 15.9. The Morgan fingerprint density at radius 1 is 1.33 bits per heavy atom. The zero-order valence-electron chi connectivity index (χ0n) is 13.5. The second-order valence-corrected chi connectivity index (χ2v) is 6.41. The lowest BCUT2D eigenvalue weighted by atomic mass is 9.97. The molecule has 1 aliphatic rings. The van der Waals surface area contributed by atoms with Crippen LogP contribution >= 0.6 is 24.0 Å². The summed E-state index contributed by atoms with van der Waals surface area (Å²) in [6.07, 6.45) is 3.20. The summed E-state index contributed by atoms with van der Waals surface area (Å²) < 4.78 is 1.69. The Morgan fingerprint density at radius 3 is 2.54 bits per heavy atom. The van der Waals surface area contributed by atoms with Crippen LogP contribution in [0.3, 0.4) is 0 Å². The van der Waals surface area contributed by atoms with Crippen LogP contribution in [0.15, 0.2) is 30.3 Å². The van der Waals surface area contributed by atoms with E-state index in [-0.39, 0.29) is 12.4 Å². The molecule has 1 aliphatic carbocycles. The topological polar surface area (TPSA) is 67.2 Å². The van der Waals surface area contributed by atoms with Crippen molar-refractivity contribution in [3.8, 4) is 5.69 Å². The molecule has 1 aromatic carbocycles. The van der Waals surface area contributed by atoms with Gasteiger partial charge in [-0.3, -0.25) is 10.1 Å². The largest absolute Gasteiger partial charge is 0.480 e. The number of carbonyl (C=O) groups is 1. The number of carboxylic acids is 1. The van der Waals surface area contributed by atoms with E-state index in [1.165, 1.54) is 0 Å². The number of hydrogen-bond acceptors (Lipinski definition) is 3. The molecule has 0 aliphatic heterocycles. The minimum atomic E-state index is -0.829. The van der Waals surface area contributed by atoms with Crippen LogP contribution in [0.2, 0.25) is 5.15 Å². The van der Waals surface area contributed by atoms with Crippen LogP contribution in [-0.2, 0) is 11.3 Å². The van der Waals surface area contributed by atoms with E-state index >= 15 is 0 Å². The Labute approximate surface area is 152 Å². The molecule has 0 amide bonds. The van der Waals surface area contributed by atoms with Crippen molar-refractivity contribution in [3.05, 3.63) is 46.7 Å². The van der Waals surface area contributed by atoms with Gasteiger partial charge in [-0.2, -0.15) is 5.10 Å². The number of benzene rings is 1. The molecule has 0 unspecified atom stereocenters. The molecule has 0 spiro atoms. The lowest BCUT2D eigenvalue weighted by Gasteiger charge is -2.25. The fourth-order valence-corrected chi connectivity index (χ4v) is 3.51. The smallest absolute Gasteiger partial charge is 0.323 e. The van der Waals surface area contributed by atoms with Crippen LogP contribution in [0, 0.1) is 6.92 Å². The van der Waals surface area contributed by atoms with Gasteiger partial charge in [-0.1, -0.05) is 42.6 Å². The van der Waals surface area contributed by atoms with Gasteiger partial charge in [-0.25, -0.2) is 4.68 Å². The van der Waals surface area contributed by atoms with Crippen molar-refractivity contribution in [1.82, 2.24) is 15.1 Å². The first-order chi connectivity index (χ1) is 11.0. The highest BCUT2D eigenvalue weighted by Crippen LogP contribution is 2.31. The Balaban J connectivity index is 0.00000208. The predicted molar refractivity (Wildman–Crippen MR) is 96.2 cm³/mol. The van der Waals surface area contributed by atoms with E-state index in [2.05, 4.69) is 10.4 Å². The van der Waals surface area contributed by atoms with Gasteiger partial charge >= 0.3 is 5.97 Å². The molecule has 24 heavy (non-hydrogen) atoms. The molecule has 1 heterocycles. The summed E-state index contributed by atoms with van der Waals surface area (Å²) in [6, 6.07) is 9.67. The van der Waals surface area contributed by atoms with E-state index in [9.17, 15) is 9.90 Å². The molecular formula is C17H21Cl2N3O2. The van der Waals surface area contributed by atoms with Crippen molar-refractivity contribution < 1.29 is 9.90 Å². The third-order valence-electron chi connectivity index (χ3n) is 4.59. The Hall–Kier alpha value is -1.56. The van der Waals surface area contributed by atoms with Gasteiger partial charge < -0.3 is 5.11 Å². The first-order valence-electron chi connectivity index (χ1n) is 7.81. The van der Waals surface area contributed by atoms with Crippen LogP contribution < -0.4 is 5.32 Å². The van der Waals surface area contributed by atoms with Crippen LogP contribution in [0.1, 0.15) is 36.9 Å². The van der Waals surface area contributed by atoms with Crippen molar-refractivity contribution in [3.63, 3.8) is 0 Å². The fourth-order valence-electron chi connectivity index (χ4n) is 3.17. The Morgan fingerprint density at radius 2 is 1.96 bits per heavy atom. The van der Waals surface area contributed by atoms with E-state index in [1.807, 2.05) is 37.3 Å². The van der Waals surface area contributed by atoms with Crippen molar-refractivity contribution in [2.75, 3.05) is 0 Å². The molecule has 0 atom stereocenters. The molecule has 5 nitrogen and oxygen atoms in total. The summed E-state index contributed by atoms with van der Waals surface area (Å²) in [5.74, 6) is -0.778. The van der Waals surface area contributed by atoms with E-state index in [0.29, 0.717) is 24.5 Å². The summed E-state index contributed by atoms with van der Waals surface area (Å²) in [5.41, 5.74) is 1.72. The average molecular weight is 370 g/mol. The highest BCUT2D eigenvalue weighted by atomic mass is 35.5. The molecule has 2 aromatic rings. The SMILES string of the molecule is Cc1nn(-c2ccccc2)c(Cl)c1CNC1(C(=O)O)CCCC1.Cl. The molecule has 0 radical (unpaired) electrons. The monoisotopic (exact) mass is 369 g/mol. The number of nitrogens with zero attached hydrogens (tertiary/aromatic N) is 2. The minimum absolute atomic E-state index is 0. The number of aryl methyl sites for hydroxylation is 1. The standard InChI is InChI=1S/C17H20ClN3O2.ClH/c1-12-14(11-19-17(16(22)23)9-5-6-10-17)15(18)21(20-12)13-7-3-2-4-8-13;/h2-4,7-8,19H,5-6,9-11H2,1H3,(H,22,23);1H. The lowest BCUT2D eigenvalue weighted by Crippen LogP contribution is -2.49. The van der Waals surface area contributed by atoms with Gasteiger partial charge in [-0.05, 0) is 31.9 Å². The molecule has 1 fully saturated rings. The summed E-state index contributed by atoms with van der Waals surface area (Å²) in [6.45, 7) is 2.30. The summed E-state index contributed by atoms with van der Waals surface area (Å²) >= 11 is 6.49.